The van der Waals surface area contributed by atoms with Gasteiger partial charge in [-0.2, -0.15) is 0 Å². The van der Waals surface area contributed by atoms with Crippen molar-refractivity contribution in [1.29, 1.82) is 0 Å². The van der Waals surface area contributed by atoms with E-state index < -0.39 is 16.1 Å². The molecule has 146 valence electrons. The number of rotatable bonds is 8. The molecule has 26 heavy (non-hydrogen) atoms. The highest BCUT2D eigenvalue weighted by molar-refractivity contribution is 7.89. The highest BCUT2D eigenvalue weighted by Crippen LogP contribution is 2.22. The predicted octanol–water partition coefficient (Wildman–Crippen LogP) is 1.44. The van der Waals surface area contributed by atoms with E-state index in [4.69, 9.17) is 16.3 Å². The molecule has 0 radical (unpaired) electrons. The van der Waals surface area contributed by atoms with Gasteiger partial charge in [-0.15, -0.1) is 0 Å². The molecule has 1 aromatic carbocycles. The zero-order valence-corrected chi connectivity index (χ0v) is 16.2. The first-order valence-corrected chi connectivity index (χ1v) is 10.5. The zero-order chi connectivity index (χ0) is 19.2. The Morgan fingerprint density at radius 2 is 2.00 bits per heavy atom. The van der Waals surface area contributed by atoms with E-state index in [2.05, 4.69) is 10.0 Å². The van der Waals surface area contributed by atoms with Crippen LogP contribution in [0.15, 0.2) is 29.2 Å². The summed E-state index contributed by atoms with van der Waals surface area (Å²) in [4.78, 5) is 11.7. The summed E-state index contributed by atoms with van der Waals surface area (Å²) in [5, 5.41) is 12.8. The molecule has 7 nitrogen and oxygen atoms in total. The van der Waals surface area contributed by atoms with Crippen molar-refractivity contribution < 1.29 is 23.1 Å². The summed E-state index contributed by atoms with van der Waals surface area (Å²) in [6.07, 6.45) is 1.59. The van der Waals surface area contributed by atoms with Crippen LogP contribution in [0.1, 0.15) is 32.6 Å². The Labute approximate surface area is 159 Å². The molecule has 1 aliphatic heterocycles. The van der Waals surface area contributed by atoms with Crippen molar-refractivity contribution in [3.8, 4) is 0 Å². The second-order valence-corrected chi connectivity index (χ2v) is 8.43. The number of nitrogens with one attached hydrogen (secondary N) is 2. The van der Waals surface area contributed by atoms with Crippen LogP contribution >= 0.6 is 11.6 Å². The van der Waals surface area contributed by atoms with Crippen molar-refractivity contribution in [2.45, 2.75) is 55.8 Å². The average molecular weight is 405 g/mol. The summed E-state index contributed by atoms with van der Waals surface area (Å²) in [7, 11) is -3.60. The number of benzene rings is 1. The maximum atomic E-state index is 12.2. The van der Waals surface area contributed by atoms with E-state index in [0.717, 1.165) is 0 Å². The summed E-state index contributed by atoms with van der Waals surface area (Å²) < 4.78 is 32.8. The maximum absolute atomic E-state index is 12.2. The quantitative estimate of drug-likeness (QED) is 0.608. The van der Waals surface area contributed by atoms with Crippen LogP contribution in [-0.4, -0.2) is 50.8 Å². The molecule has 1 fully saturated rings. The summed E-state index contributed by atoms with van der Waals surface area (Å²) in [5.74, 6) is -0.0776. The highest BCUT2D eigenvalue weighted by Gasteiger charge is 2.31. The molecule has 1 aromatic rings. The minimum Gasteiger partial charge on any atom is -0.394 e. The van der Waals surface area contributed by atoms with Gasteiger partial charge in [0, 0.05) is 18.0 Å². The molecule has 0 unspecified atom stereocenters. The molecule has 0 aromatic heterocycles. The standard InChI is InChI=1S/C17H25ClN2O5S/c1-2-17(22)20-15-8-5-13(25-16(15)11-21)9-10-19-26(23,24)14-6-3-12(18)4-7-14/h3-4,6-7,13,15-16,19,21H,2,5,8-11H2,1H3,(H,20,22)/t13-,15+,16+/m0/s1. The van der Waals surface area contributed by atoms with Gasteiger partial charge in [-0.3, -0.25) is 4.79 Å². The second kappa shape index (κ2) is 9.66. The Bertz CT molecular complexity index is 696. The van der Waals surface area contributed by atoms with E-state index in [1.807, 2.05) is 0 Å². The van der Waals surface area contributed by atoms with Crippen molar-refractivity contribution in [1.82, 2.24) is 10.0 Å². The smallest absolute Gasteiger partial charge is 0.240 e. The first-order chi connectivity index (χ1) is 12.4. The number of sulfonamides is 1. The van der Waals surface area contributed by atoms with Gasteiger partial charge in [0.2, 0.25) is 15.9 Å². The number of aliphatic hydroxyl groups excluding tert-OH is 1. The van der Waals surface area contributed by atoms with Crippen LogP contribution < -0.4 is 10.0 Å². The lowest BCUT2D eigenvalue weighted by atomic mass is 9.97. The van der Waals surface area contributed by atoms with Gasteiger partial charge in [-0.05, 0) is 43.5 Å². The molecule has 3 N–H and O–H groups in total. The molecule has 9 heteroatoms. The lowest BCUT2D eigenvalue weighted by Gasteiger charge is -2.36. The number of ether oxygens (including phenoxy) is 1. The number of hydrogen-bond acceptors (Lipinski definition) is 5. The molecule has 1 heterocycles. The predicted molar refractivity (Wildman–Crippen MR) is 98.5 cm³/mol. The molecule has 1 saturated heterocycles. The molecule has 0 spiro atoms. The van der Waals surface area contributed by atoms with Gasteiger partial charge in [-0.1, -0.05) is 18.5 Å². The monoisotopic (exact) mass is 404 g/mol. The fourth-order valence-electron chi connectivity index (χ4n) is 2.87. The van der Waals surface area contributed by atoms with Gasteiger partial charge < -0.3 is 15.2 Å². The van der Waals surface area contributed by atoms with E-state index in [9.17, 15) is 18.3 Å². The third kappa shape index (κ3) is 5.92. The van der Waals surface area contributed by atoms with E-state index in [-0.39, 0.29) is 36.1 Å². The lowest BCUT2D eigenvalue weighted by molar-refractivity contribution is -0.128. The molecule has 0 bridgehead atoms. The number of aliphatic hydroxyl groups is 1. The molecule has 0 saturated carbocycles. The van der Waals surface area contributed by atoms with Crippen LogP contribution in [0.2, 0.25) is 5.02 Å². The number of hydrogen-bond donors (Lipinski definition) is 3. The number of amides is 1. The first-order valence-electron chi connectivity index (χ1n) is 8.66. The summed E-state index contributed by atoms with van der Waals surface area (Å²) >= 11 is 5.77. The van der Waals surface area contributed by atoms with Crippen molar-refractivity contribution in [2.75, 3.05) is 13.2 Å². The number of halogens is 1. The normalized spacial score (nSPS) is 23.6. The zero-order valence-electron chi connectivity index (χ0n) is 14.7. The average Bonchev–Trinajstić information content (AvgIpc) is 2.62. The van der Waals surface area contributed by atoms with E-state index in [1.165, 1.54) is 24.3 Å². The molecule has 0 aliphatic carbocycles. The van der Waals surface area contributed by atoms with Gasteiger partial charge in [0.15, 0.2) is 0 Å². The largest absolute Gasteiger partial charge is 0.394 e. The Morgan fingerprint density at radius 1 is 1.31 bits per heavy atom. The minimum atomic E-state index is -3.60. The highest BCUT2D eigenvalue weighted by atomic mass is 35.5. The summed E-state index contributed by atoms with van der Waals surface area (Å²) in [6.45, 7) is 1.80. The van der Waals surface area contributed by atoms with Crippen molar-refractivity contribution in [3.63, 3.8) is 0 Å². The Morgan fingerprint density at radius 3 is 2.62 bits per heavy atom. The Kier molecular flexibility index (Phi) is 7.85. The Balaban J connectivity index is 1.83. The van der Waals surface area contributed by atoms with Crippen molar-refractivity contribution >= 4 is 27.5 Å². The van der Waals surface area contributed by atoms with E-state index in [0.29, 0.717) is 30.7 Å². The van der Waals surface area contributed by atoms with Crippen LogP contribution in [0, 0.1) is 0 Å². The molecular formula is C17H25ClN2O5S. The van der Waals surface area contributed by atoms with Crippen LogP contribution in [0.25, 0.3) is 0 Å². The third-order valence-corrected chi connectivity index (χ3v) is 6.07. The maximum Gasteiger partial charge on any atom is 0.240 e. The van der Waals surface area contributed by atoms with Gasteiger partial charge in [0.25, 0.3) is 0 Å². The van der Waals surface area contributed by atoms with Gasteiger partial charge in [0.05, 0.1) is 23.6 Å². The fraction of sp³-hybridized carbons (Fsp3) is 0.588. The second-order valence-electron chi connectivity index (χ2n) is 6.22. The summed E-state index contributed by atoms with van der Waals surface area (Å²) in [5.41, 5.74) is 0. The molecule has 1 amide bonds. The van der Waals surface area contributed by atoms with Gasteiger partial charge in [0.1, 0.15) is 6.10 Å². The van der Waals surface area contributed by atoms with Crippen LogP contribution in [0.5, 0.6) is 0 Å². The van der Waals surface area contributed by atoms with Crippen LogP contribution in [0.4, 0.5) is 0 Å². The first kappa shape index (κ1) is 21.1. The molecule has 1 aliphatic rings. The van der Waals surface area contributed by atoms with Gasteiger partial charge >= 0.3 is 0 Å². The van der Waals surface area contributed by atoms with Crippen molar-refractivity contribution in [2.24, 2.45) is 0 Å². The van der Waals surface area contributed by atoms with Crippen molar-refractivity contribution in [3.05, 3.63) is 29.3 Å². The SMILES string of the molecule is CCC(=O)N[C@@H]1CC[C@@H](CCNS(=O)(=O)c2ccc(Cl)cc2)O[C@@H]1CO. The lowest BCUT2D eigenvalue weighted by Crippen LogP contribution is -2.51. The van der Waals surface area contributed by atoms with Crippen LogP contribution in [-0.2, 0) is 19.6 Å². The minimum absolute atomic E-state index is 0.0776. The van der Waals surface area contributed by atoms with E-state index >= 15 is 0 Å². The molecule has 3 atom stereocenters. The molecule has 2 rings (SSSR count). The van der Waals surface area contributed by atoms with E-state index in [1.54, 1.807) is 6.92 Å². The van der Waals surface area contributed by atoms with Gasteiger partial charge in [-0.25, -0.2) is 13.1 Å². The number of carbonyl (C=O) groups excluding carboxylic acids is 1. The topological polar surface area (TPSA) is 105 Å². The van der Waals surface area contributed by atoms with Crippen LogP contribution in [0.3, 0.4) is 0 Å². The number of carbonyl (C=O) groups is 1. The summed E-state index contributed by atoms with van der Waals surface area (Å²) in [6, 6.07) is 5.73. The molecular weight excluding hydrogens is 380 g/mol. The fourth-order valence-corrected chi connectivity index (χ4v) is 4.04. The third-order valence-electron chi connectivity index (χ3n) is 4.35. The Hall–Kier alpha value is -1.19.